The fourth-order valence-corrected chi connectivity index (χ4v) is 3.81. The lowest BCUT2D eigenvalue weighted by Crippen LogP contribution is -2.43. The Morgan fingerprint density at radius 1 is 1.22 bits per heavy atom. The monoisotopic (exact) mass is 427 g/mol. The number of likely N-dealkylation sites (N-methyl/N-ethyl adjacent to an activating group) is 1. The standard InChI is InChI=1S/C20H23Cl2N3O.ClH/c1-23-17-6-3-9-25(13-17)12-14-4-2-5-16(10-14)24-20(26)18-8-7-15(21)11-19(18)22;/h2,4-5,7-8,10-11,17,23H,3,6,9,12-13H2,1H3,(H,24,26);1H. The summed E-state index contributed by atoms with van der Waals surface area (Å²) in [7, 11) is 2.02. The molecule has 2 N–H and O–H groups in total. The van der Waals surface area contributed by atoms with Crippen molar-refractivity contribution < 1.29 is 4.79 Å². The highest BCUT2D eigenvalue weighted by Gasteiger charge is 2.18. The molecule has 2 aromatic rings. The van der Waals surface area contributed by atoms with Crippen LogP contribution in [0.15, 0.2) is 42.5 Å². The van der Waals surface area contributed by atoms with Crippen molar-refractivity contribution in [3.05, 3.63) is 63.6 Å². The molecule has 1 unspecified atom stereocenters. The number of hydrogen-bond acceptors (Lipinski definition) is 3. The number of anilines is 1. The first-order chi connectivity index (χ1) is 12.5. The van der Waals surface area contributed by atoms with Crippen LogP contribution < -0.4 is 10.6 Å². The van der Waals surface area contributed by atoms with Gasteiger partial charge in [0.25, 0.3) is 5.91 Å². The molecule has 146 valence electrons. The minimum absolute atomic E-state index is 0. The summed E-state index contributed by atoms with van der Waals surface area (Å²) in [6.45, 7) is 3.03. The predicted octanol–water partition coefficient (Wildman–Crippen LogP) is 4.85. The molecule has 2 aromatic carbocycles. The predicted molar refractivity (Wildman–Crippen MR) is 115 cm³/mol. The fourth-order valence-electron chi connectivity index (χ4n) is 3.31. The zero-order valence-electron chi connectivity index (χ0n) is 15.2. The number of rotatable bonds is 5. The molecule has 4 nitrogen and oxygen atoms in total. The Morgan fingerprint density at radius 3 is 2.78 bits per heavy atom. The highest BCUT2D eigenvalue weighted by molar-refractivity contribution is 6.37. The third-order valence-corrected chi connectivity index (χ3v) is 5.23. The van der Waals surface area contributed by atoms with Gasteiger partial charge in [0.15, 0.2) is 0 Å². The minimum Gasteiger partial charge on any atom is -0.322 e. The van der Waals surface area contributed by atoms with E-state index in [0.717, 1.165) is 25.3 Å². The first-order valence-electron chi connectivity index (χ1n) is 8.80. The van der Waals surface area contributed by atoms with Gasteiger partial charge in [-0.2, -0.15) is 0 Å². The van der Waals surface area contributed by atoms with Crippen LogP contribution in [-0.2, 0) is 6.54 Å². The lowest BCUT2D eigenvalue weighted by molar-refractivity contribution is 0.102. The number of benzene rings is 2. The number of nitrogens with zero attached hydrogens (tertiary/aromatic N) is 1. The first kappa shape index (κ1) is 22.0. The van der Waals surface area contributed by atoms with Crippen molar-refractivity contribution in [3.63, 3.8) is 0 Å². The van der Waals surface area contributed by atoms with Gasteiger partial charge in [0.1, 0.15) is 0 Å². The molecule has 1 amide bonds. The average molecular weight is 429 g/mol. The van der Waals surface area contributed by atoms with Crippen molar-refractivity contribution in [2.24, 2.45) is 0 Å². The van der Waals surface area contributed by atoms with Crippen molar-refractivity contribution in [3.8, 4) is 0 Å². The molecule has 0 bridgehead atoms. The fraction of sp³-hybridized carbons (Fsp3) is 0.350. The van der Waals surface area contributed by atoms with Crippen LogP contribution in [0.25, 0.3) is 0 Å². The Balaban J connectivity index is 0.00000261. The maximum absolute atomic E-state index is 12.5. The summed E-state index contributed by atoms with van der Waals surface area (Å²) >= 11 is 12.0. The molecule has 1 heterocycles. The molecule has 27 heavy (non-hydrogen) atoms. The Labute approximate surface area is 176 Å². The molecule has 1 atom stereocenters. The molecule has 0 spiro atoms. The number of amides is 1. The number of carbonyl (C=O) groups is 1. The number of likely N-dealkylation sites (tertiary alicyclic amines) is 1. The van der Waals surface area contributed by atoms with Crippen LogP contribution in [0, 0.1) is 0 Å². The third kappa shape index (κ3) is 6.09. The van der Waals surface area contributed by atoms with Crippen molar-refractivity contribution in [1.29, 1.82) is 0 Å². The second-order valence-electron chi connectivity index (χ2n) is 6.64. The normalized spacial score (nSPS) is 17.2. The summed E-state index contributed by atoms with van der Waals surface area (Å²) in [5, 5.41) is 7.14. The van der Waals surface area contributed by atoms with E-state index in [9.17, 15) is 4.79 Å². The molecule has 3 rings (SSSR count). The van der Waals surface area contributed by atoms with E-state index in [1.807, 2.05) is 25.2 Å². The van der Waals surface area contributed by atoms with Crippen molar-refractivity contribution in [2.75, 3.05) is 25.5 Å². The van der Waals surface area contributed by atoms with Crippen LogP contribution in [0.1, 0.15) is 28.8 Å². The Hall–Kier alpha value is -1.30. The zero-order valence-corrected chi connectivity index (χ0v) is 17.5. The van der Waals surface area contributed by atoms with E-state index in [-0.39, 0.29) is 18.3 Å². The second-order valence-corrected chi connectivity index (χ2v) is 7.49. The van der Waals surface area contributed by atoms with E-state index in [1.165, 1.54) is 18.4 Å². The van der Waals surface area contributed by atoms with Crippen LogP contribution in [-0.4, -0.2) is 37.0 Å². The van der Waals surface area contributed by atoms with Crippen LogP contribution in [0.2, 0.25) is 10.0 Å². The van der Waals surface area contributed by atoms with Crippen molar-refractivity contribution in [2.45, 2.75) is 25.4 Å². The van der Waals surface area contributed by atoms with Crippen molar-refractivity contribution in [1.82, 2.24) is 10.2 Å². The van der Waals surface area contributed by atoms with Gasteiger partial charge in [0.05, 0.1) is 10.6 Å². The molecule has 0 aliphatic carbocycles. The van der Waals surface area contributed by atoms with E-state index in [2.05, 4.69) is 21.6 Å². The topological polar surface area (TPSA) is 44.4 Å². The Morgan fingerprint density at radius 2 is 2.04 bits per heavy atom. The number of halogens is 3. The zero-order chi connectivity index (χ0) is 18.5. The number of carbonyl (C=O) groups excluding carboxylic acids is 1. The Bertz CT molecular complexity index is 785. The molecule has 1 aliphatic heterocycles. The summed E-state index contributed by atoms with van der Waals surface area (Å²) in [5.41, 5.74) is 2.36. The van der Waals surface area contributed by atoms with Gasteiger partial charge < -0.3 is 10.6 Å². The van der Waals surface area contributed by atoms with Gasteiger partial charge in [0, 0.05) is 29.8 Å². The molecule has 1 saturated heterocycles. The second kappa shape index (κ2) is 10.3. The van der Waals surface area contributed by atoms with Gasteiger partial charge >= 0.3 is 0 Å². The number of nitrogens with one attached hydrogen (secondary N) is 2. The van der Waals surface area contributed by atoms with Crippen LogP contribution >= 0.6 is 35.6 Å². The summed E-state index contributed by atoms with van der Waals surface area (Å²) < 4.78 is 0. The molecule has 0 aromatic heterocycles. The highest BCUT2D eigenvalue weighted by Crippen LogP contribution is 2.23. The van der Waals surface area contributed by atoms with E-state index in [0.29, 0.717) is 21.7 Å². The summed E-state index contributed by atoms with van der Waals surface area (Å²) in [5.74, 6) is -0.239. The third-order valence-electron chi connectivity index (χ3n) is 4.68. The molecule has 1 fully saturated rings. The number of piperidine rings is 1. The van der Waals surface area contributed by atoms with Gasteiger partial charge in [-0.3, -0.25) is 9.69 Å². The average Bonchev–Trinajstić information content (AvgIpc) is 2.62. The lowest BCUT2D eigenvalue weighted by Gasteiger charge is -2.32. The Kier molecular flexibility index (Phi) is 8.39. The van der Waals surface area contributed by atoms with E-state index < -0.39 is 0 Å². The molecular weight excluding hydrogens is 405 g/mol. The molecule has 7 heteroatoms. The van der Waals surface area contributed by atoms with Gasteiger partial charge in [0.2, 0.25) is 0 Å². The van der Waals surface area contributed by atoms with Crippen LogP contribution in [0.3, 0.4) is 0 Å². The van der Waals surface area contributed by atoms with E-state index >= 15 is 0 Å². The molecule has 0 saturated carbocycles. The molecular formula is C20H24Cl3N3O. The maximum atomic E-state index is 12.5. The highest BCUT2D eigenvalue weighted by atomic mass is 35.5. The van der Waals surface area contributed by atoms with Crippen LogP contribution in [0.4, 0.5) is 5.69 Å². The minimum atomic E-state index is -0.239. The lowest BCUT2D eigenvalue weighted by atomic mass is 10.0. The van der Waals surface area contributed by atoms with E-state index in [4.69, 9.17) is 23.2 Å². The maximum Gasteiger partial charge on any atom is 0.257 e. The van der Waals surface area contributed by atoms with Crippen LogP contribution in [0.5, 0.6) is 0 Å². The quantitative estimate of drug-likeness (QED) is 0.715. The summed E-state index contributed by atoms with van der Waals surface area (Å²) in [4.78, 5) is 14.9. The van der Waals surface area contributed by atoms with Gasteiger partial charge in [-0.1, -0.05) is 35.3 Å². The molecule has 1 aliphatic rings. The summed E-state index contributed by atoms with van der Waals surface area (Å²) in [6, 6.07) is 13.4. The van der Waals surface area contributed by atoms with Gasteiger partial charge in [-0.15, -0.1) is 12.4 Å². The van der Waals surface area contributed by atoms with Gasteiger partial charge in [-0.25, -0.2) is 0 Å². The van der Waals surface area contributed by atoms with Gasteiger partial charge in [-0.05, 0) is 62.3 Å². The smallest absolute Gasteiger partial charge is 0.257 e. The first-order valence-corrected chi connectivity index (χ1v) is 9.55. The van der Waals surface area contributed by atoms with E-state index in [1.54, 1.807) is 18.2 Å². The van der Waals surface area contributed by atoms with Crippen molar-refractivity contribution >= 4 is 47.2 Å². The molecule has 0 radical (unpaired) electrons. The SMILES string of the molecule is CNC1CCCN(Cc2cccc(NC(=O)c3ccc(Cl)cc3Cl)c2)C1.Cl. The number of hydrogen-bond donors (Lipinski definition) is 2. The summed E-state index contributed by atoms with van der Waals surface area (Å²) in [6.07, 6.45) is 2.43. The largest absolute Gasteiger partial charge is 0.322 e.